The normalized spacial score (nSPS) is 11.1. The molecule has 0 saturated carbocycles. The molecule has 6 heteroatoms. The van der Waals surface area contributed by atoms with Gasteiger partial charge in [0.25, 0.3) is 5.91 Å². The van der Waals surface area contributed by atoms with E-state index in [1.165, 1.54) is 0 Å². The Morgan fingerprint density at radius 2 is 1.88 bits per heavy atom. The molecule has 0 radical (unpaired) electrons. The van der Waals surface area contributed by atoms with Gasteiger partial charge in [-0.25, -0.2) is 4.98 Å². The third-order valence-corrected chi connectivity index (χ3v) is 6.09. The summed E-state index contributed by atoms with van der Waals surface area (Å²) in [6, 6.07) is 23.0. The van der Waals surface area contributed by atoms with Gasteiger partial charge in [-0.1, -0.05) is 36.4 Å². The first-order valence-electron chi connectivity index (χ1n) is 10.1. The van der Waals surface area contributed by atoms with Crippen molar-refractivity contribution in [1.82, 2.24) is 4.98 Å². The van der Waals surface area contributed by atoms with Crippen LogP contribution in [0.2, 0.25) is 0 Å². The number of aromatic nitrogens is 1. The Hall–Kier alpha value is -3.64. The van der Waals surface area contributed by atoms with Crippen molar-refractivity contribution in [2.24, 2.45) is 0 Å². The lowest BCUT2D eigenvalue weighted by molar-refractivity contribution is 0.102. The molecule has 5 rings (SSSR count). The van der Waals surface area contributed by atoms with Crippen LogP contribution in [0.5, 0.6) is 5.75 Å². The number of amides is 1. The molecule has 0 saturated heterocycles. The van der Waals surface area contributed by atoms with E-state index in [0.29, 0.717) is 22.9 Å². The van der Waals surface area contributed by atoms with Crippen LogP contribution in [0.4, 0.5) is 5.69 Å². The summed E-state index contributed by atoms with van der Waals surface area (Å²) in [5.41, 5.74) is 4.50. The maximum Gasteiger partial charge on any atom is 0.259 e. The van der Waals surface area contributed by atoms with Gasteiger partial charge in [0.05, 0.1) is 17.1 Å². The van der Waals surface area contributed by atoms with Crippen molar-refractivity contribution in [3.63, 3.8) is 0 Å². The number of anilines is 1. The van der Waals surface area contributed by atoms with Gasteiger partial charge in [0, 0.05) is 11.3 Å². The number of nitrogens with one attached hydrogen (secondary N) is 1. The Balaban J connectivity index is 1.49. The molecule has 5 nitrogen and oxygen atoms in total. The standard InChI is InChI=1S/C26H19BrN2O3/c1-15-10-11-21-22(12-15)32-26(29-21)17-7-5-8-18(13-17)28-25(30)20-14-16-6-3-4-9-19(16)23(27)24(20)31-2/h3-14H,1-2H3,(H,28,30). The molecule has 1 N–H and O–H groups in total. The summed E-state index contributed by atoms with van der Waals surface area (Å²) in [5.74, 6) is 0.734. The Labute approximate surface area is 193 Å². The van der Waals surface area contributed by atoms with E-state index >= 15 is 0 Å². The molecule has 4 aromatic carbocycles. The second kappa shape index (κ2) is 8.13. The number of rotatable bonds is 4. The number of aryl methyl sites for hydroxylation is 1. The molecule has 32 heavy (non-hydrogen) atoms. The Kier molecular flexibility index (Phi) is 5.15. The van der Waals surface area contributed by atoms with Crippen molar-refractivity contribution < 1.29 is 13.9 Å². The molecule has 0 spiro atoms. The number of oxazole rings is 1. The average Bonchev–Trinajstić information content (AvgIpc) is 3.22. The van der Waals surface area contributed by atoms with Gasteiger partial charge in [-0.05, 0) is 75.6 Å². The van der Waals surface area contributed by atoms with Gasteiger partial charge < -0.3 is 14.5 Å². The molecular formula is C26H19BrN2O3. The number of hydrogen-bond donors (Lipinski definition) is 1. The lowest BCUT2D eigenvalue weighted by Gasteiger charge is -2.14. The SMILES string of the molecule is COc1c(C(=O)Nc2cccc(-c3nc4ccc(C)cc4o3)c2)cc2ccccc2c1Br. The largest absolute Gasteiger partial charge is 0.495 e. The van der Waals surface area contributed by atoms with E-state index in [4.69, 9.17) is 9.15 Å². The molecule has 5 aromatic rings. The van der Waals surface area contributed by atoms with Crippen LogP contribution in [0.15, 0.2) is 81.7 Å². The number of carbonyl (C=O) groups is 1. The third kappa shape index (κ3) is 3.63. The van der Waals surface area contributed by atoms with E-state index in [2.05, 4.69) is 26.2 Å². The van der Waals surface area contributed by atoms with Crippen molar-refractivity contribution in [2.45, 2.75) is 6.92 Å². The molecule has 0 unspecified atom stereocenters. The molecule has 0 fully saturated rings. The number of nitrogens with zero attached hydrogens (tertiary/aromatic N) is 1. The number of benzene rings is 4. The second-order valence-corrected chi connectivity index (χ2v) is 8.31. The summed E-state index contributed by atoms with van der Waals surface area (Å²) in [7, 11) is 1.56. The number of hydrogen-bond acceptors (Lipinski definition) is 4. The summed E-state index contributed by atoms with van der Waals surface area (Å²) in [6.07, 6.45) is 0. The lowest BCUT2D eigenvalue weighted by atomic mass is 10.0. The lowest BCUT2D eigenvalue weighted by Crippen LogP contribution is -2.13. The van der Waals surface area contributed by atoms with Crippen LogP contribution in [0.25, 0.3) is 33.3 Å². The predicted molar refractivity (Wildman–Crippen MR) is 130 cm³/mol. The first-order valence-corrected chi connectivity index (χ1v) is 10.9. The summed E-state index contributed by atoms with van der Waals surface area (Å²) in [5, 5.41) is 4.89. The van der Waals surface area contributed by atoms with Gasteiger partial charge in [-0.2, -0.15) is 0 Å². The number of carbonyl (C=O) groups excluding carboxylic acids is 1. The molecule has 158 valence electrons. The zero-order chi connectivity index (χ0) is 22.2. The highest BCUT2D eigenvalue weighted by atomic mass is 79.9. The minimum Gasteiger partial charge on any atom is -0.495 e. The minimum atomic E-state index is -0.265. The maximum atomic E-state index is 13.2. The van der Waals surface area contributed by atoms with Crippen molar-refractivity contribution >= 4 is 49.4 Å². The number of ether oxygens (including phenoxy) is 1. The molecule has 1 amide bonds. The van der Waals surface area contributed by atoms with Crippen LogP contribution in [-0.2, 0) is 0 Å². The highest BCUT2D eigenvalue weighted by Gasteiger charge is 2.19. The van der Waals surface area contributed by atoms with Crippen molar-refractivity contribution in [1.29, 1.82) is 0 Å². The third-order valence-electron chi connectivity index (χ3n) is 5.30. The molecular weight excluding hydrogens is 468 g/mol. The fourth-order valence-electron chi connectivity index (χ4n) is 3.74. The van der Waals surface area contributed by atoms with Gasteiger partial charge in [0.15, 0.2) is 5.58 Å². The van der Waals surface area contributed by atoms with E-state index in [9.17, 15) is 4.79 Å². The number of halogens is 1. The first kappa shape index (κ1) is 20.3. The first-order chi connectivity index (χ1) is 15.5. The average molecular weight is 487 g/mol. The number of fused-ring (bicyclic) bond motifs is 2. The fourth-order valence-corrected chi connectivity index (χ4v) is 4.47. The van der Waals surface area contributed by atoms with Crippen molar-refractivity contribution in [3.8, 4) is 17.2 Å². The van der Waals surface area contributed by atoms with Gasteiger partial charge in [0.2, 0.25) is 5.89 Å². The fraction of sp³-hybridized carbons (Fsp3) is 0.0769. The Bertz CT molecular complexity index is 1490. The summed E-state index contributed by atoms with van der Waals surface area (Å²) in [4.78, 5) is 17.7. The van der Waals surface area contributed by atoms with E-state index in [-0.39, 0.29) is 5.91 Å². The molecule has 0 aliphatic carbocycles. The summed E-state index contributed by atoms with van der Waals surface area (Å²) in [6.45, 7) is 2.01. The molecule has 0 aliphatic rings. The molecule has 0 bridgehead atoms. The second-order valence-electron chi connectivity index (χ2n) is 7.52. The Morgan fingerprint density at radius 1 is 1.03 bits per heavy atom. The van der Waals surface area contributed by atoms with Gasteiger partial charge in [-0.15, -0.1) is 0 Å². The highest BCUT2D eigenvalue weighted by Crippen LogP contribution is 2.37. The molecule has 1 aromatic heterocycles. The van der Waals surface area contributed by atoms with Crippen molar-refractivity contribution in [2.75, 3.05) is 12.4 Å². The number of methoxy groups -OCH3 is 1. The zero-order valence-electron chi connectivity index (χ0n) is 17.5. The minimum absolute atomic E-state index is 0.265. The summed E-state index contributed by atoms with van der Waals surface area (Å²) < 4.78 is 12.2. The monoisotopic (exact) mass is 486 g/mol. The molecule has 1 heterocycles. The van der Waals surface area contributed by atoms with E-state index in [1.807, 2.05) is 79.7 Å². The van der Waals surface area contributed by atoms with Crippen LogP contribution in [0.3, 0.4) is 0 Å². The molecule has 0 aliphatic heterocycles. The van der Waals surface area contributed by atoms with Gasteiger partial charge >= 0.3 is 0 Å². The Morgan fingerprint density at radius 3 is 2.72 bits per heavy atom. The van der Waals surface area contributed by atoms with Gasteiger partial charge in [0.1, 0.15) is 11.3 Å². The van der Waals surface area contributed by atoms with E-state index in [1.54, 1.807) is 7.11 Å². The maximum absolute atomic E-state index is 13.2. The topological polar surface area (TPSA) is 64.4 Å². The van der Waals surface area contributed by atoms with Crippen molar-refractivity contribution in [3.05, 3.63) is 88.4 Å². The predicted octanol–water partition coefficient (Wildman–Crippen LogP) is 6.98. The van der Waals surface area contributed by atoms with E-state index < -0.39 is 0 Å². The molecule has 0 atom stereocenters. The van der Waals surface area contributed by atoms with Crippen LogP contribution in [0, 0.1) is 6.92 Å². The van der Waals surface area contributed by atoms with Gasteiger partial charge in [-0.3, -0.25) is 4.79 Å². The smallest absolute Gasteiger partial charge is 0.259 e. The van der Waals surface area contributed by atoms with E-state index in [0.717, 1.165) is 37.5 Å². The quantitative estimate of drug-likeness (QED) is 0.297. The van der Waals surface area contributed by atoms with Crippen LogP contribution in [-0.4, -0.2) is 18.0 Å². The van der Waals surface area contributed by atoms with Crippen LogP contribution < -0.4 is 10.1 Å². The van der Waals surface area contributed by atoms with Crippen LogP contribution >= 0.6 is 15.9 Å². The van der Waals surface area contributed by atoms with Crippen LogP contribution in [0.1, 0.15) is 15.9 Å². The highest BCUT2D eigenvalue weighted by molar-refractivity contribution is 9.10. The summed E-state index contributed by atoms with van der Waals surface area (Å²) >= 11 is 3.58. The zero-order valence-corrected chi connectivity index (χ0v) is 19.1.